The molecule has 0 spiro atoms. The van der Waals surface area contributed by atoms with Gasteiger partial charge in [0.25, 0.3) is 0 Å². The standard InChI is InChI=1S/C26H20O.Mg.2H/c1-5-13-21(14-6-1)25(22-15-7-2-8-16-22)26(27-25,23-17-9-3-10-18-23)24-19-11-4-12-20-24;;;/h1-20H;;;/q;+2;2*-1. The van der Waals surface area contributed by atoms with Crippen LogP contribution in [0.25, 0.3) is 0 Å². The molecule has 1 fully saturated rings. The Morgan fingerprint density at radius 1 is 0.393 bits per heavy atom. The molecule has 5 rings (SSSR count). The molecule has 1 aliphatic rings. The van der Waals surface area contributed by atoms with E-state index in [4.69, 9.17) is 4.74 Å². The van der Waals surface area contributed by atoms with Crippen molar-refractivity contribution in [3.8, 4) is 0 Å². The van der Waals surface area contributed by atoms with Crippen LogP contribution in [0.1, 0.15) is 25.1 Å². The van der Waals surface area contributed by atoms with Crippen LogP contribution >= 0.6 is 0 Å². The number of hydrogen-bond acceptors (Lipinski definition) is 1. The fraction of sp³-hybridized carbons (Fsp3) is 0.0769. The largest absolute Gasteiger partial charge is 2.00 e. The monoisotopic (exact) mass is 374 g/mol. The molecule has 1 heterocycles. The second-order valence-corrected chi connectivity index (χ2v) is 6.93. The molecule has 28 heavy (non-hydrogen) atoms. The van der Waals surface area contributed by atoms with Crippen LogP contribution in [0.5, 0.6) is 0 Å². The van der Waals surface area contributed by atoms with Gasteiger partial charge in [0.2, 0.25) is 0 Å². The SMILES string of the molecule is [H-].[H-].[Mg+2].c1ccc(C2(c3ccccc3)OC2(c2ccccc2)c2ccccc2)cc1. The first-order valence-corrected chi connectivity index (χ1v) is 9.30. The van der Waals surface area contributed by atoms with Gasteiger partial charge in [-0.3, -0.25) is 0 Å². The van der Waals surface area contributed by atoms with Gasteiger partial charge < -0.3 is 7.59 Å². The van der Waals surface area contributed by atoms with Crippen molar-refractivity contribution in [2.24, 2.45) is 0 Å². The van der Waals surface area contributed by atoms with Crippen LogP contribution in [0.3, 0.4) is 0 Å². The fourth-order valence-corrected chi connectivity index (χ4v) is 4.28. The molecule has 0 N–H and O–H groups in total. The van der Waals surface area contributed by atoms with Crippen molar-refractivity contribution in [3.05, 3.63) is 144 Å². The zero-order valence-corrected chi connectivity index (χ0v) is 17.1. The van der Waals surface area contributed by atoms with Gasteiger partial charge in [-0.05, 0) is 22.3 Å². The first-order chi connectivity index (χ1) is 13.4. The average molecular weight is 375 g/mol. The van der Waals surface area contributed by atoms with Crippen LogP contribution in [-0.4, -0.2) is 23.1 Å². The van der Waals surface area contributed by atoms with Gasteiger partial charge in [-0.15, -0.1) is 0 Å². The molecular formula is C26H22MgO. The zero-order valence-electron chi connectivity index (χ0n) is 17.7. The third-order valence-corrected chi connectivity index (χ3v) is 5.48. The molecule has 0 amide bonds. The molecule has 1 aliphatic heterocycles. The van der Waals surface area contributed by atoms with Gasteiger partial charge >= 0.3 is 23.1 Å². The molecule has 0 aliphatic carbocycles. The summed E-state index contributed by atoms with van der Waals surface area (Å²) in [6.07, 6.45) is 0. The van der Waals surface area contributed by atoms with Crippen LogP contribution < -0.4 is 0 Å². The molecule has 4 aromatic carbocycles. The molecule has 134 valence electrons. The Morgan fingerprint density at radius 3 is 0.821 bits per heavy atom. The third-order valence-electron chi connectivity index (χ3n) is 5.48. The number of ether oxygens (including phenoxy) is 1. The van der Waals surface area contributed by atoms with Gasteiger partial charge in [0.1, 0.15) is 0 Å². The van der Waals surface area contributed by atoms with Crippen LogP contribution in [0, 0.1) is 0 Å². The third kappa shape index (κ3) is 2.72. The van der Waals surface area contributed by atoms with E-state index in [1.807, 2.05) is 0 Å². The second kappa shape index (κ2) is 7.55. The Hall–Kier alpha value is -2.39. The van der Waals surface area contributed by atoms with E-state index in [9.17, 15) is 0 Å². The molecule has 0 radical (unpaired) electrons. The van der Waals surface area contributed by atoms with Crippen molar-refractivity contribution in [3.63, 3.8) is 0 Å². The minimum Gasteiger partial charge on any atom is -1.00 e. The van der Waals surface area contributed by atoms with Gasteiger partial charge in [-0.2, -0.15) is 0 Å². The maximum Gasteiger partial charge on any atom is 2.00 e. The van der Waals surface area contributed by atoms with Crippen molar-refractivity contribution >= 4 is 23.1 Å². The van der Waals surface area contributed by atoms with E-state index in [0.717, 1.165) is 0 Å². The minimum atomic E-state index is -0.543. The van der Waals surface area contributed by atoms with E-state index >= 15 is 0 Å². The molecule has 1 saturated heterocycles. The number of rotatable bonds is 4. The summed E-state index contributed by atoms with van der Waals surface area (Å²) in [5.41, 5.74) is 3.59. The number of hydrogen-bond donors (Lipinski definition) is 0. The van der Waals surface area contributed by atoms with Gasteiger partial charge in [0, 0.05) is 0 Å². The quantitative estimate of drug-likeness (QED) is 0.327. The van der Waals surface area contributed by atoms with E-state index in [1.165, 1.54) is 22.3 Å². The topological polar surface area (TPSA) is 12.5 Å². The number of benzene rings is 4. The number of epoxide rings is 1. The van der Waals surface area contributed by atoms with Crippen LogP contribution in [-0.2, 0) is 15.9 Å². The first-order valence-electron chi connectivity index (χ1n) is 9.30. The van der Waals surface area contributed by atoms with E-state index < -0.39 is 11.2 Å². The normalized spacial score (nSPS) is 16.0. The Labute approximate surface area is 185 Å². The molecule has 1 nitrogen and oxygen atoms in total. The molecule has 0 aromatic heterocycles. The van der Waals surface area contributed by atoms with E-state index in [2.05, 4.69) is 121 Å². The molecule has 2 heteroatoms. The summed E-state index contributed by atoms with van der Waals surface area (Å²) in [4.78, 5) is 0. The van der Waals surface area contributed by atoms with E-state index in [0.29, 0.717) is 0 Å². The summed E-state index contributed by atoms with van der Waals surface area (Å²) in [5, 5.41) is 0. The summed E-state index contributed by atoms with van der Waals surface area (Å²) < 4.78 is 6.84. The first kappa shape index (κ1) is 18.9. The van der Waals surface area contributed by atoms with Gasteiger partial charge in [0.05, 0.1) is 0 Å². The predicted molar refractivity (Wildman–Crippen MR) is 116 cm³/mol. The van der Waals surface area contributed by atoms with Gasteiger partial charge in [0.15, 0.2) is 11.2 Å². The Kier molecular flexibility index (Phi) is 5.11. The molecule has 0 atom stereocenters. The van der Waals surface area contributed by atoms with Crippen molar-refractivity contribution in [1.29, 1.82) is 0 Å². The summed E-state index contributed by atoms with van der Waals surface area (Å²) in [5.74, 6) is 0. The Balaban J connectivity index is 0.00000107. The van der Waals surface area contributed by atoms with Crippen molar-refractivity contribution < 1.29 is 7.59 Å². The minimum absolute atomic E-state index is 0. The van der Waals surface area contributed by atoms with E-state index in [1.54, 1.807) is 0 Å². The Bertz CT molecular complexity index is 875. The maximum atomic E-state index is 6.84. The van der Waals surface area contributed by atoms with Crippen molar-refractivity contribution in [2.75, 3.05) is 0 Å². The smallest absolute Gasteiger partial charge is 1.00 e. The molecule has 0 bridgehead atoms. The van der Waals surface area contributed by atoms with Crippen LogP contribution in [0.2, 0.25) is 0 Å². The molecular weight excluding hydrogens is 353 g/mol. The molecule has 4 aromatic rings. The summed E-state index contributed by atoms with van der Waals surface area (Å²) in [7, 11) is 0. The zero-order chi connectivity index (χ0) is 18.2. The van der Waals surface area contributed by atoms with Gasteiger partial charge in [-0.25, -0.2) is 0 Å². The fourth-order valence-electron chi connectivity index (χ4n) is 4.28. The Morgan fingerprint density at radius 2 is 0.607 bits per heavy atom. The summed E-state index contributed by atoms with van der Waals surface area (Å²) >= 11 is 0. The van der Waals surface area contributed by atoms with Crippen molar-refractivity contribution in [2.45, 2.75) is 11.2 Å². The van der Waals surface area contributed by atoms with Crippen LogP contribution in [0.4, 0.5) is 0 Å². The second-order valence-electron chi connectivity index (χ2n) is 6.93. The summed E-state index contributed by atoms with van der Waals surface area (Å²) in [6, 6.07) is 42.2. The van der Waals surface area contributed by atoms with Gasteiger partial charge in [-0.1, -0.05) is 121 Å². The molecule has 0 unspecified atom stereocenters. The average Bonchev–Trinajstić information content (AvgIpc) is 3.49. The molecule has 0 saturated carbocycles. The van der Waals surface area contributed by atoms with Crippen molar-refractivity contribution in [1.82, 2.24) is 0 Å². The van der Waals surface area contributed by atoms with Crippen LogP contribution in [0.15, 0.2) is 121 Å². The van der Waals surface area contributed by atoms with E-state index in [-0.39, 0.29) is 25.9 Å². The maximum absolute atomic E-state index is 6.84. The summed E-state index contributed by atoms with van der Waals surface area (Å²) in [6.45, 7) is 0. The predicted octanol–water partition coefficient (Wildman–Crippen LogP) is 5.75.